The van der Waals surface area contributed by atoms with Crippen molar-refractivity contribution in [1.82, 2.24) is 0 Å². The number of aliphatic hydroxyl groups excluding tert-OH is 1. The number of aliphatic hydroxyl groups is 2. The van der Waals surface area contributed by atoms with Gasteiger partial charge in [0.25, 0.3) is 10.1 Å². The second-order valence-electron chi connectivity index (χ2n) is 4.94. The minimum absolute atomic E-state index is 0.0808. The molecule has 0 aromatic carbocycles. The molecule has 4 atom stereocenters. The first-order chi connectivity index (χ1) is 6.99. The summed E-state index contributed by atoms with van der Waals surface area (Å²) >= 11 is 0. The lowest BCUT2D eigenvalue weighted by molar-refractivity contribution is -0.0526. The van der Waals surface area contributed by atoms with E-state index in [1.807, 2.05) is 0 Å². The summed E-state index contributed by atoms with van der Waals surface area (Å²) < 4.78 is 31.2. The maximum absolute atomic E-state index is 11.1. The Kier molecular flexibility index (Phi) is 3.24. The molecule has 0 bridgehead atoms. The molecule has 0 aromatic heterocycles. The van der Waals surface area contributed by atoms with Crippen molar-refractivity contribution in [2.24, 2.45) is 5.41 Å². The predicted molar refractivity (Wildman–Crippen MR) is 59.5 cm³/mol. The predicted octanol–water partition coefficient (Wildman–Crippen LogP) is 0.341. The fraction of sp³-hybridized carbons (Fsp3) is 0.800. The van der Waals surface area contributed by atoms with Gasteiger partial charge in [-0.3, -0.25) is 4.55 Å². The van der Waals surface area contributed by atoms with Crippen LogP contribution in [0.4, 0.5) is 0 Å². The highest BCUT2D eigenvalue weighted by Gasteiger charge is 2.45. The molecule has 0 amide bonds. The summed E-state index contributed by atoms with van der Waals surface area (Å²) in [4.78, 5) is 0. The van der Waals surface area contributed by atoms with Gasteiger partial charge in [0.1, 0.15) is 5.60 Å². The molecule has 1 rings (SSSR count). The molecular formula is C10H18O5S. The van der Waals surface area contributed by atoms with Crippen molar-refractivity contribution >= 4 is 10.1 Å². The molecule has 0 spiro atoms. The van der Waals surface area contributed by atoms with E-state index in [1.165, 1.54) is 26.0 Å². The summed E-state index contributed by atoms with van der Waals surface area (Å²) in [6.45, 7) is 4.46. The van der Waals surface area contributed by atoms with Gasteiger partial charge in [-0.05, 0) is 20.3 Å². The van der Waals surface area contributed by atoms with Gasteiger partial charge in [0.15, 0.2) is 0 Å². The van der Waals surface area contributed by atoms with Gasteiger partial charge in [-0.1, -0.05) is 19.1 Å². The third-order valence-electron chi connectivity index (χ3n) is 3.48. The van der Waals surface area contributed by atoms with E-state index >= 15 is 0 Å². The number of hydrogen-bond donors (Lipinski definition) is 3. The smallest absolute Gasteiger partial charge is 0.268 e. The summed E-state index contributed by atoms with van der Waals surface area (Å²) in [5.74, 6) is 0. The quantitative estimate of drug-likeness (QED) is 0.485. The van der Waals surface area contributed by atoms with Crippen LogP contribution in [0.5, 0.6) is 0 Å². The van der Waals surface area contributed by atoms with Gasteiger partial charge in [-0.15, -0.1) is 0 Å². The Labute approximate surface area is 95.5 Å². The van der Waals surface area contributed by atoms with Crippen molar-refractivity contribution in [3.05, 3.63) is 12.2 Å². The van der Waals surface area contributed by atoms with Crippen LogP contribution in [0.25, 0.3) is 0 Å². The molecule has 5 nitrogen and oxygen atoms in total. The van der Waals surface area contributed by atoms with Crippen LogP contribution < -0.4 is 0 Å². The average Bonchev–Trinajstić information content (AvgIpc) is 2.10. The van der Waals surface area contributed by atoms with E-state index in [2.05, 4.69) is 0 Å². The first kappa shape index (κ1) is 13.6. The summed E-state index contributed by atoms with van der Waals surface area (Å²) in [5, 5.41) is 18.4. The largest absolute Gasteiger partial charge is 0.390 e. The average molecular weight is 250 g/mol. The van der Waals surface area contributed by atoms with Gasteiger partial charge in [0.2, 0.25) is 0 Å². The normalized spacial score (nSPS) is 42.0. The molecule has 0 fully saturated rings. The van der Waals surface area contributed by atoms with Gasteiger partial charge >= 0.3 is 0 Å². The lowest BCUT2D eigenvalue weighted by Crippen LogP contribution is -2.48. The Balaban J connectivity index is 3.08. The SMILES string of the molecule is CC(C1(C)C=CC(C)(O)C(O)C1)S(=O)(=O)O. The lowest BCUT2D eigenvalue weighted by Gasteiger charge is -2.41. The molecule has 16 heavy (non-hydrogen) atoms. The fourth-order valence-corrected chi connectivity index (χ4v) is 2.66. The van der Waals surface area contributed by atoms with Crippen molar-refractivity contribution in [2.45, 2.75) is 44.1 Å². The monoisotopic (exact) mass is 250 g/mol. The molecule has 0 saturated carbocycles. The molecule has 0 aromatic rings. The van der Waals surface area contributed by atoms with Crippen LogP contribution in [-0.4, -0.2) is 40.1 Å². The number of rotatable bonds is 2. The number of allylic oxidation sites excluding steroid dienone is 1. The maximum atomic E-state index is 11.1. The zero-order valence-electron chi connectivity index (χ0n) is 9.58. The molecule has 94 valence electrons. The third-order valence-corrected chi connectivity index (χ3v) is 4.92. The summed E-state index contributed by atoms with van der Waals surface area (Å²) in [5.41, 5.74) is -2.23. The topological polar surface area (TPSA) is 94.8 Å². The second kappa shape index (κ2) is 3.80. The van der Waals surface area contributed by atoms with Crippen LogP contribution in [0.3, 0.4) is 0 Å². The Hall–Kier alpha value is -0.430. The zero-order chi connectivity index (χ0) is 12.8. The van der Waals surface area contributed by atoms with E-state index in [0.717, 1.165) is 0 Å². The Morgan fingerprint density at radius 1 is 1.38 bits per heavy atom. The summed E-state index contributed by atoms with van der Waals surface area (Å²) in [7, 11) is -4.17. The highest BCUT2D eigenvalue weighted by molar-refractivity contribution is 7.86. The zero-order valence-corrected chi connectivity index (χ0v) is 10.4. The lowest BCUT2D eigenvalue weighted by atomic mass is 9.72. The van der Waals surface area contributed by atoms with Crippen LogP contribution >= 0.6 is 0 Å². The van der Waals surface area contributed by atoms with E-state index in [-0.39, 0.29) is 6.42 Å². The second-order valence-corrected chi connectivity index (χ2v) is 6.68. The van der Waals surface area contributed by atoms with Crippen molar-refractivity contribution < 1.29 is 23.2 Å². The first-order valence-corrected chi connectivity index (χ1v) is 6.56. The Bertz CT molecular complexity index is 397. The van der Waals surface area contributed by atoms with Crippen LogP contribution in [0.15, 0.2) is 12.2 Å². The molecule has 0 aliphatic heterocycles. The van der Waals surface area contributed by atoms with Crippen LogP contribution in [0.2, 0.25) is 0 Å². The summed E-state index contributed by atoms with van der Waals surface area (Å²) in [6.07, 6.45) is 1.95. The molecule has 0 heterocycles. The minimum atomic E-state index is -4.17. The van der Waals surface area contributed by atoms with Crippen LogP contribution in [0, 0.1) is 5.41 Å². The molecular weight excluding hydrogens is 232 g/mol. The van der Waals surface area contributed by atoms with E-state index in [4.69, 9.17) is 4.55 Å². The van der Waals surface area contributed by atoms with Crippen molar-refractivity contribution in [3.8, 4) is 0 Å². The third kappa shape index (κ3) is 2.45. The highest BCUT2D eigenvalue weighted by Crippen LogP contribution is 2.40. The Morgan fingerprint density at radius 3 is 2.25 bits per heavy atom. The van der Waals surface area contributed by atoms with Gasteiger partial charge in [-0.2, -0.15) is 8.42 Å². The molecule has 0 radical (unpaired) electrons. The Morgan fingerprint density at radius 2 is 1.88 bits per heavy atom. The molecule has 0 saturated heterocycles. The highest BCUT2D eigenvalue weighted by atomic mass is 32.2. The van der Waals surface area contributed by atoms with E-state index < -0.39 is 32.5 Å². The number of hydrogen-bond acceptors (Lipinski definition) is 4. The summed E-state index contributed by atoms with van der Waals surface area (Å²) in [6, 6.07) is 0. The van der Waals surface area contributed by atoms with Gasteiger partial charge in [0, 0.05) is 5.41 Å². The fourth-order valence-electron chi connectivity index (χ4n) is 1.80. The molecule has 1 aliphatic rings. The van der Waals surface area contributed by atoms with Crippen LogP contribution in [-0.2, 0) is 10.1 Å². The van der Waals surface area contributed by atoms with Crippen LogP contribution in [0.1, 0.15) is 27.2 Å². The van der Waals surface area contributed by atoms with E-state index in [9.17, 15) is 18.6 Å². The molecule has 1 aliphatic carbocycles. The van der Waals surface area contributed by atoms with Gasteiger partial charge < -0.3 is 10.2 Å². The first-order valence-electron chi connectivity index (χ1n) is 5.06. The molecule has 6 heteroatoms. The standard InChI is InChI=1S/C10H18O5S/c1-7(16(13,14)15)9(2)4-5-10(3,12)8(11)6-9/h4-5,7-8,11-12H,6H2,1-3H3,(H,13,14,15). The van der Waals surface area contributed by atoms with E-state index in [0.29, 0.717) is 0 Å². The maximum Gasteiger partial charge on any atom is 0.268 e. The van der Waals surface area contributed by atoms with Gasteiger partial charge in [0.05, 0.1) is 11.4 Å². The van der Waals surface area contributed by atoms with Crippen molar-refractivity contribution in [2.75, 3.05) is 0 Å². The van der Waals surface area contributed by atoms with Crippen molar-refractivity contribution in [3.63, 3.8) is 0 Å². The van der Waals surface area contributed by atoms with Gasteiger partial charge in [-0.25, -0.2) is 0 Å². The van der Waals surface area contributed by atoms with Crippen molar-refractivity contribution in [1.29, 1.82) is 0 Å². The minimum Gasteiger partial charge on any atom is -0.390 e. The van der Waals surface area contributed by atoms with E-state index in [1.54, 1.807) is 6.92 Å². The molecule has 4 unspecified atom stereocenters. The molecule has 3 N–H and O–H groups in total.